The first kappa shape index (κ1) is 10.5. The van der Waals surface area contributed by atoms with Crippen LogP contribution in [0.3, 0.4) is 0 Å². The van der Waals surface area contributed by atoms with E-state index in [0.717, 1.165) is 17.6 Å². The Bertz CT molecular complexity index is 411. The fraction of sp³-hybridized carbons (Fsp3) is 0.167. The van der Waals surface area contributed by atoms with Crippen molar-refractivity contribution in [1.82, 2.24) is 5.32 Å². The fourth-order valence-electron chi connectivity index (χ4n) is 1.39. The van der Waals surface area contributed by atoms with Gasteiger partial charge in [-0.3, -0.25) is 0 Å². The van der Waals surface area contributed by atoms with Gasteiger partial charge in [-0.25, -0.2) is 0 Å². The summed E-state index contributed by atoms with van der Waals surface area (Å²) in [6, 6.07) is 10.3. The minimum absolute atomic E-state index is 0.836. The van der Waals surface area contributed by atoms with Crippen LogP contribution in [0, 0.1) is 0 Å². The zero-order valence-corrected chi connectivity index (χ0v) is 9.83. The second-order valence-electron chi connectivity index (χ2n) is 3.37. The van der Waals surface area contributed by atoms with Crippen LogP contribution in [0.1, 0.15) is 11.1 Å². The maximum Gasteiger partial charge on any atom is 0.0947 e. The predicted octanol–water partition coefficient (Wildman–Crippen LogP) is 3.33. The highest BCUT2D eigenvalue weighted by Gasteiger charge is 1.95. The number of rotatable bonds is 4. The summed E-state index contributed by atoms with van der Waals surface area (Å²) >= 11 is 3.45. The number of hydrogen-bond acceptors (Lipinski definition) is 2. The molecule has 0 aliphatic carbocycles. The molecule has 1 aromatic heterocycles. The average Bonchev–Trinajstić information content (AvgIpc) is 2.71. The topological polar surface area (TPSA) is 25.2 Å². The van der Waals surface area contributed by atoms with Crippen molar-refractivity contribution in [3.63, 3.8) is 0 Å². The van der Waals surface area contributed by atoms with Gasteiger partial charge in [-0.2, -0.15) is 0 Å². The van der Waals surface area contributed by atoms with Gasteiger partial charge in [-0.1, -0.05) is 28.1 Å². The molecule has 0 fully saturated rings. The van der Waals surface area contributed by atoms with Gasteiger partial charge < -0.3 is 9.73 Å². The van der Waals surface area contributed by atoms with E-state index in [1.807, 2.05) is 18.2 Å². The number of benzene rings is 1. The molecule has 0 unspecified atom stereocenters. The molecule has 0 bridgehead atoms. The Labute approximate surface area is 97.4 Å². The molecule has 0 aliphatic rings. The van der Waals surface area contributed by atoms with Crippen molar-refractivity contribution in [3.8, 4) is 0 Å². The van der Waals surface area contributed by atoms with Gasteiger partial charge in [0.2, 0.25) is 0 Å². The highest BCUT2D eigenvalue weighted by atomic mass is 79.9. The molecule has 1 heterocycles. The molecule has 2 rings (SSSR count). The molecule has 1 N–H and O–H groups in total. The van der Waals surface area contributed by atoms with E-state index in [2.05, 4.69) is 33.4 Å². The van der Waals surface area contributed by atoms with Crippen molar-refractivity contribution in [2.24, 2.45) is 0 Å². The molecular formula is C12H12BrNO. The van der Waals surface area contributed by atoms with E-state index in [9.17, 15) is 0 Å². The van der Waals surface area contributed by atoms with Crippen molar-refractivity contribution in [1.29, 1.82) is 0 Å². The first-order chi connectivity index (χ1) is 7.34. The van der Waals surface area contributed by atoms with Gasteiger partial charge in [0.25, 0.3) is 0 Å². The Hall–Kier alpha value is -1.06. The van der Waals surface area contributed by atoms with Crippen LogP contribution in [0.2, 0.25) is 0 Å². The molecule has 0 atom stereocenters. The smallest absolute Gasteiger partial charge is 0.0947 e. The Balaban J connectivity index is 1.83. The highest BCUT2D eigenvalue weighted by Crippen LogP contribution is 2.11. The molecular weight excluding hydrogens is 254 g/mol. The normalized spacial score (nSPS) is 10.5. The van der Waals surface area contributed by atoms with Crippen molar-refractivity contribution < 1.29 is 4.42 Å². The Kier molecular flexibility index (Phi) is 3.59. The van der Waals surface area contributed by atoms with E-state index in [-0.39, 0.29) is 0 Å². The highest BCUT2D eigenvalue weighted by molar-refractivity contribution is 9.10. The quantitative estimate of drug-likeness (QED) is 0.918. The lowest BCUT2D eigenvalue weighted by Gasteiger charge is -2.03. The molecule has 0 saturated heterocycles. The van der Waals surface area contributed by atoms with Gasteiger partial charge in [0.05, 0.1) is 12.5 Å². The lowest BCUT2D eigenvalue weighted by Crippen LogP contribution is -2.11. The monoisotopic (exact) mass is 265 g/mol. The van der Waals surface area contributed by atoms with E-state index in [1.54, 1.807) is 12.5 Å². The molecule has 0 radical (unpaired) electrons. The summed E-state index contributed by atoms with van der Waals surface area (Å²) in [5.41, 5.74) is 2.44. The minimum Gasteiger partial charge on any atom is -0.472 e. The van der Waals surface area contributed by atoms with Crippen LogP contribution in [0.15, 0.2) is 51.7 Å². The van der Waals surface area contributed by atoms with Crippen LogP contribution in [0.25, 0.3) is 0 Å². The standard InChI is InChI=1S/C12H12BrNO/c13-12-3-1-2-10(6-12)7-14-8-11-4-5-15-9-11/h1-6,9,14H,7-8H2. The van der Waals surface area contributed by atoms with E-state index in [4.69, 9.17) is 4.42 Å². The Morgan fingerprint density at radius 2 is 2.00 bits per heavy atom. The third-order valence-electron chi connectivity index (χ3n) is 2.13. The summed E-state index contributed by atoms with van der Waals surface area (Å²) < 4.78 is 6.10. The zero-order valence-electron chi connectivity index (χ0n) is 8.24. The van der Waals surface area contributed by atoms with Crippen LogP contribution in [-0.2, 0) is 13.1 Å². The number of hydrogen-bond donors (Lipinski definition) is 1. The molecule has 78 valence electrons. The van der Waals surface area contributed by atoms with Crippen molar-refractivity contribution >= 4 is 15.9 Å². The summed E-state index contributed by atoms with van der Waals surface area (Å²) in [6.45, 7) is 1.70. The Morgan fingerprint density at radius 1 is 1.13 bits per heavy atom. The third-order valence-corrected chi connectivity index (χ3v) is 2.62. The molecule has 3 heteroatoms. The fourth-order valence-corrected chi connectivity index (χ4v) is 1.84. The Morgan fingerprint density at radius 3 is 2.73 bits per heavy atom. The number of nitrogens with one attached hydrogen (secondary N) is 1. The first-order valence-electron chi connectivity index (χ1n) is 4.81. The van der Waals surface area contributed by atoms with E-state index < -0.39 is 0 Å². The van der Waals surface area contributed by atoms with E-state index in [1.165, 1.54) is 11.1 Å². The second-order valence-corrected chi connectivity index (χ2v) is 4.28. The van der Waals surface area contributed by atoms with Gasteiger partial charge in [0.1, 0.15) is 0 Å². The second kappa shape index (κ2) is 5.14. The van der Waals surface area contributed by atoms with Gasteiger partial charge in [0, 0.05) is 23.1 Å². The van der Waals surface area contributed by atoms with Crippen LogP contribution in [0.4, 0.5) is 0 Å². The molecule has 0 saturated carbocycles. The minimum atomic E-state index is 0.836. The number of halogens is 1. The molecule has 0 spiro atoms. The zero-order chi connectivity index (χ0) is 10.5. The van der Waals surface area contributed by atoms with E-state index >= 15 is 0 Å². The molecule has 15 heavy (non-hydrogen) atoms. The molecule has 0 aliphatic heterocycles. The number of furan rings is 1. The summed E-state index contributed by atoms with van der Waals surface area (Å²) in [4.78, 5) is 0. The average molecular weight is 266 g/mol. The van der Waals surface area contributed by atoms with Crippen LogP contribution in [0.5, 0.6) is 0 Å². The third kappa shape index (κ3) is 3.22. The SMILES string of the molecule is Brc1cccc(CNCc2ccoc2)c1. The summed E-state index contributed by atoms with van der Waals surface area (Å²) in [7, 11) is 0. The van der Waals surface area contributed by atoms with E-state index in [0.29, 0.717) is 0 Å². The maximum absolute atomic E-state index is 4.99. The van der Waals surface area contributed by atoms with Crippen LogP contribution < -0.4 is 5.32 Å². The molecule has 2 aromatic rings. The van der Waals surface area contributed by atoms with Gasteiger partial charge in [0.15, 0.2) is 0 Å². The largest absolute Gasteiger partial charge is 0.472 e. The molecule has 2 nitrogen and oxygen atoms in total. The lowest BCUT2D eigenvalue weighted by molar-refractivity contribution is 0.560. The summed E-state index contributed by atoms with van der Waals surface area (Å²) in [5, 5.41) is 3.35. The van der Waals surface area contributed by atoms with Crippen molar-refractivity contribution in [2.45, 2.75) is 13.1 Å². The molecule has 1 aromatic carbocycles. The predicted molar refractivity (Wildman–Crippen MR) is 63.4 cm³/mol. The van der Waals surface area contributed by atoms with Crippen molar-refractivity contribution in [2.75, 3.05) is 0 Å². The van der Waals surface area contributed by atoms with Gasteiger partial charge in [-0.15, -0.1) is 0 Å². The van der Waals surface area contributed by atoms with Crippen molar-refractivity contribution in [3.05, 3.63) is 58.5 Å². The maximum atomic E-state index is 4.99. The van der Waals surface area contributed by atoms with Gasteiger partial charge >= 0.3 is 0 Å². The van der Waals surface area contributed by atoms with Crippen LogP contribution >= 0.6 is 15.9 Å². The summed E-state index contributed by atoms with van der Waals surface area (Å²) in [6.07, 6.45) is 3.45. The van der Waals surface area contributed by atoms with Crippen LogP contribution in [-0.4, -0.2) is 0 Å². The van der Waals surface area contributed by atoms with Gasteiger partial charge in [-0.05, 0) is 23.8 Å². The molecule has 0 amide bonds. The lowest BCUT2D eigenvalue weighted by atomic mass is 10.2. The first-order valence-corrected chi connectivity index (χ1v) is 5.60. The summed E-state index contributed by atoms with van der Waals surface area (Å²) in [5.74, 6) is 0.